The Balaban J connectivity index is 4.33. The van der Waals surface area contributed by atoms with Gasteiger partial charge in [-0.1, -0.05) is 39.2 Å². The fourth-order valence-corrected chi connectivity index (χ4v) is 1.72. The van der Waals surface area contributed by atoms with Crippen LogP contribution in [0.3, 0.4) is 0 Å². The van der Waals surface area contributed by atoms with Gasteiger partial charge in [-0.05, 0) is 19.3 Å². The highest BCUT2D eigenvalue weighted by atomic mass is 17.2. The number of amides is 1. The van der Waals surface area contributed by atoms with Gasteiger partial charge in [-0.15, -0.1) is 0 Å². The molecule has 0 aromatic carbocycles. The zero-order valence-corrected chi connectivity index (χ0v) is 13.7. The first-order chi connectivity index (χ1) is 11.0. The van der Waals surface area contributed by atoms with Crippen LogP contribution in [0.4, 0.5) is 0 Å². The molecule has 132 valence electrons. The molecule has 4 N–H and O–H groups in total. The van der Waals surface area contributed by atoms with E-state index in [1.807, 2.05) is 12.2 Å². The van der Waals surface area contributed by atoms with Gasteiger partial charge in [0.15, 0.2) is 0 Å². The summed E-state index contributed by atoms with van der Waals surface area (Å²) in [7, 11) is 0. The number of carbonyl (C=O) groups is 3. The lowest BCUT2D eigenvalue weighted by molar-refractivity contribution is -0.262. The van der Waals surface area contributed by atoms with Gasteiger partial charge in [0.2, 0.25) is 12.1 Å². The van der Waals surface area contributed by atoms with E-state index in [9.17, 15) is 19.5 Å². The molecule has 0 fully saturated rings. The first kappa shape index (κ1) is 21.1. The highest BCUT2D eigenvalue weighted by Gasteiger charge is 2.22. The van der Waals surface area contributed by atoms with Gasteiger partial charge in [0.1, 0.15) is 0 Å². The monoisotopic (exact) mass is 330 g/mol. The van der Waals surface area contributed by atoms with Gasteiger partial charge < -0.3 is 16.2 Å². The number of allylic oxidation sites excluding steroid dienone is 1. The summed E-state index contributed by atoms with van der Waals surface area (Å²) in [5, 5.41) is 11.2. The van der Waals surface area contributed by atoms with Gasteiger partial charge in [0.25, 0.3) is 0 Å². The van der Waals surface area contributed by atoms with Crippen molar-refractivity contribution in [2.75, 3.05) is 6.54 Å². The van der Waals surface area contributed by atoms with Gasteiger partial charge in [0, 0.05) is 5.57 Å². The second kappa shape index (κ2) is 12.6. The molecule has 23 heavy (non-hydrogen) atoms. The van der Waals surface area contributed by atoms with Crippen molar-refractivity contribution in [3.63, 3.8) is 0 Å². The Hall–Kier alpha value is -1.93. The fourth-order valence-electron chi connectivity index (χ4n) is 1.72. The predicted octanol–water partition coefficient (Wildman–Crippen LogP) is 0.688. The van der Waals surface area contributed by atoms with E-state index in [1.165, 1.54) is 0 Å². The van der Waals surface area contributed by atoms with Crippen molar-refractivity contribution in [3.8, 4) is 0 Å². The lowest BCUT2D eigenvalue weighted by Gasteiger charge is -2.11. The largest absolute Gasteiger partial charge is 0.404 e. The molecule has 0 aliphatic carbocycles. The Kier molecular flexibility index (Phi) is 11.5. The maximum atomic E-state index is 11.8. The van der Waals surface area contributed by atoms with Crippen molar-refractivity contribution < 1.29 is 29.3 Å². The molecule has 1 unspecified atom stereocenters. The third-order valence-electron chi connectivity index (χ3n) is 2.92. The summed E-state index contributed by atoms with van der Waals surface area (Å²) in [6, 6.07) is 0. The second-order valence-corrected chi connectivity index (χ2v) is 4.90. The standard InChI is InChI=1S/C15H26N2O6/c1-3-5-6-7-9-11(8-4-2)14(20)22-23-15(21)13(19)17-12(18)10-16/h8,13,19H,3-7,9-10,16H2,1-2H3,(H,17,18)/b11-8+. The smallest absolute Gasteiger partial charge is 0.364 e. The van der Waals surface area contributed by atoms with E-state index in [-0.39, 0.29) is 0 Å². The first-order valence-corrected chi connectivity index (χ1v) is 7.75. The van der Waals surface area contributed by atoms with Gasteiger partial charge >= 0.3 is 11.9 Å². The van der Waals surface area contributed by atoms with E-state index in [0.717, 1.165) is 25.7 Å². The summed E-state index contributed by atoms with van der Waals surface area (Å²) >= 11 is 0. The van der Waals surface area contributed by atoms with E-state index in [4.69, 9.17) is 5.73 Å². The van der Waals surface area contributed by atoms with Crippen molar-refractivity contribution in [1.29, 1.82) is 0 Å². The van der Waals surface area contributed by atoms with Crippen LogP contribution in [0, 0.1) is 0 Å². The van der Waals surface area contributed by atoms with Crippen LogP contribution < -0.4 is 11.1 Å². The van der Waals surface area contributed by atoms with Crippen LogP contribution >= 0.6 is 0 Å². The normalized spacial score (nSPS) is 12.4. The van der Waals surface area contributed by atoms with E-state index >= 15 is 0 Å². The molecular weight excluding hydrogens is 304 g/mol. The maximum absolute atomic E-state index is 11.8. The number of aliphatic hydroxyl groups excluding tert-OH is 1. The van der Waals surface area contributed by atoms with Crippen LogP contribution in [0.5, 0.6) is 0 Å². The lowest BCUT2D eigenvalue weighted by atomic mass is 10.1. The minimum Gasteiger partial charge on any atom is -0.364 e. The number of nitrogens with two attached hydrogens (primary N) is 1. The molecule has 1 amide bonds. The number of unbranched alkanes of at least 4 members (excludes halogenated alkanes) is 3. The van der Waals surface area contributed by atoms with Crippen molar-refractivity contribution in [1.82, 2.24) is 5.32 Å². The van der Waals surface area contributed by atoms with E-state index in [0.29, 0.717) is 18.4 Å². The number of hydrogen-bond donors (Lipinski definition) is 3. The highest BCUT2D eigenvalue weighted by Crippen LogP contribution is 2.13. The van der Waals surface area contributed by atoms with Crippen LogP contribution in [0.2, 0.25) is 0 Å². The average Bonchev–Trinajstić information content (AvgIpc) is 2.54. The van der Waals surface area contributed by atoms with Crippen molar-refractivity contribution in [2.45, 2.75) is 58.6 Å². The SMILES string of the molecule is CC/C=C(\CCCCCC)C(=O)OOC(=O)C(O)NC(=O)CN. The molecular formula is C15H26N2O6. The zero-order valence-electron chi connectivity index (χ0n) is 13.7. The lowest BCUT2D eigenvalue weighted by Crippen LogP contribution is -2.44. The van der Waals surface area contributed by atoms with E-state index < -0.39 is 30.6 Å². The van der Waals surface area contributed by atoms with Gasteiger partial charge in [-0.3, -0.25) is 4.79 Å². The molecule has 0 aromatic heterocycles. The minimum absolute atomic E-state index is 0.398. The summed E-state index contributed by atoms with van der Waals surface area (Å²) in [6.07, 6.45) is 4.92. The van der Waals surface area contributed by atoms with Crippen molar-refractivity contribution >= 4 is 17.8 Å². The molecule has 0 bridgehead atoms. The molecule has 1 atom stereocenters. The number of hydrogen-bond acceptors (Lipinski definition) is 7. The Labute approximate surface area is 135 Å². The summed E-state index contributed by atoms with van der Waals surface area (Å²) in [5.41, 5.74) is 5.43. The fraction of sp³-hybridized carbons (Fsp3) is 0.667. The molecule has 0 saturated heterocycles. The molecule has 0 saturated carbocycles. The summed E-state index contributed by atoms with van der Waals surface area (Å²) < 4.78 is 0. The minimum atomic E-state index is -1.94. The average molecular weight is 330 g/mol. The Morgan fingerprint density at radius 3 is 2.43 bits per heavy atom. The zero-order chi connectivity index (χ0) is 17.7. The summed E-state index contributed by atoms with van der Waals surface area (Å²) in [5.74, 6) is -2.83. The topological polar surface area (TPSA) is 128 Å². The molecule has 8 heteroatoms. The third kappa shape index (κ3) is 9.64. The summed E-state index contributed by atoms with van der Waals surface area (Å²) in [4.78, 5) is 42.8. The molecule has 0 aliphatic heterocycles. The third-order valence-corrected chi connectivity index (χ3v) is 2.92. The highest BCUT2D eigenvalue weighted by molar-refractivity contribution is 5.89. The van der Waals surface area contributed by atoms with Gasteiger partial charge in [-0.2, -0.15) is 0 Å². The number of aliphatic hydroxyl groups is 1. The molecule has 8 nitrogen and oxygen atoms in total. The van der Waals surface area contributed by atoms with E-state index in [2.05, 4.69) is 16.7 Å². The van der Waals surface area contributed by atoms with Crippen LogP contribution in [0.25, 0.3) is 0 Å². The molecule has 0 spiro atoms. The maximum Gasteiger partial charge on any atom is 0.404 e. The van der Waals surface area contributed by atoms with Crippen molar-refractivity contribution in [2.24, 2.45) is 5.73 Å². The molecule has 0 aromatic rings. The molecule has 0 radical (unpaired) electrons. The molecule has 0 heterocycles. The number of rotatable bonds is 10. The Morgan fingerprint density at radius 2 is 1.87 bits per heavy atom. The first-order valence-electron chi connectivity index (χ1n) is 7.75. The van der Waals surface area contributed by atoms with Crippen LogP contribution in [-0.4, -0.2) is 35.7 Å². The molecule has 0 aliphatic rings. The van der Waals surface area contributed by atoms with Gasteiger partial charge in [0.05, 0.1) is 6.54 Å². The predicted molar refractivity (Wildman–Crippen MR) is 82.5 cm³/mol. The van der Waals surface area contributed by atoms with Gasteiger partial charge in [-0.25, -0.2) is 19.4 Å². The van der Waals surface area contributed by atoms with Crippen LogP contribution in [0.1, 0.15) is 52.4 Å². The number of nitrogens with one attached hydrogen (secondary N) is 1. The van der Waals surface area contributed by atoms with Crippen molar-refractivity contribution in [3.05, 3.63) is 11.6 Å². The Bertz CT molecular complexity index is 422. The summed E-state index contributed by atoms with van der Waals surface area (Å²) in [6.45, 7) is 3.56. The van der Waals surface area contributed by atoms with E-state index in [1.54, 1.807) is 6.08 Å². The quantitative estimate of drug-likeness (QED) is 0.177. The molecule has 0 rings (SSSR count). The Morgan fingerprint density at radius 1 is 1.17 bits per heavy atom. The number of carbonyl (C=O) groups excluding carboxylic acids is 3. The van der Waals surface area contributed by atoms with Crippen LogP contribution in [0.15, 0.2) is 11.6 Å². The second-order valence-electron chi connectivity index (χ2n) is 4.90. The van der Waals surface area contributed by atoms with Crippen LogP contribution in [-0.2, 0) is 24.2 Å².